The fraction of sp³-hybridized carbons (Fsp3) is 0.154. The van der Waals surface area contributed by atoms with Crippen molar-refractivity contribution >= 4 is 34.0 Å². The van der Waals surface area contributed by atoms with Crippen molar-refractivity contribution < 1.29 is 9.59 Å². The van der Waals surface area contributed by atoms with Crippen molar-refractivity contribution in [1.29, 1.82) is 0 Å². The first-order chi connectivity index (χ1) is 15.1. The van der Waals surface area contributed by atoms with Crippen LogP contribution in [0.25, 0.3) is 10.9 Å². The third-order valence-corrected chi connectivity index (χ3v) is 5.92. The lowest BCUT2D eigenvalue weighted by atomic mass is 9.96. The van der Waals surface area contributed by atoms with Crippen LogP contribution in [-0.4, -0.2) is 23.2 Å². The predicted molar refractivity (Wildman–Crippen MR) is 124 cm³/mol. The van der Waals surface area contributed by atoms with Crippen LogP contribution in [-0.2, 0) is 11.2 Å². The van der Waals surface area contributed by atoms with E-state index in [4.69, 9.17) is 0 Å². The van der Waals surface area contributed by atoms with Crippen LogP contribution in [0.2, 0.25) is 0 Å². The summed E-state index contributed by atoms with van der Waals surface area (Å²) in [5, 5.41) is 4.37. The lowest BCUT2D eigenvalue weighted by Gasteiger charge is -2.20. The van der Waals surface area contributed by atoms with E-state index in [1.165, 1.54) is 0 Å². The van der Waals surface area contributed by atoms with Gasteiger partial charge in [0.2, 0.25) is 5.91 Å². The number of para-hydroxylation sites is 1. The van der Waals surface area contributed by atoms with Gasteiger partial charge >= 0.3 is 0 Å². The second-order valence-electron chi connectivity index (χ2n) is 7.86. The Bertz CT molecular complexity index is 1280. The van der Waals surface area contributed by atoms with Gasteiger partial charge in [-0.1, -0.05) is 48.5 Å². The summed E-state index contributed by atoms with van der Waals surface area (Å²) in [5.74, 6) is 0.0608. The molecule has 2 heterocycles. The molecule has 154 valence electrons. The molecule has 0 saturated carbocycles. The molecular weight excluding hydrogens is 386 g/mol. The Kier molecular flexibility index (Phi) is 4.79. The third-order valence-electron chi connectivity index (χ3n) is 5.92. The maximum atomic E-state index is 13.7. The van der Waals surface area contributed by atoms with Crippen LogP contribution in [0.5, 0.6) is 0 Å². The number of ketones is 1. The summed E-state index contributed by atoms with van der Waals surface area (Å²) in [5.41, 5.74) is 5.46. The van der Waals surface area contributed by atoms with E-state index in [0.717, 1.165) is 39.8 Å². The van der Waals surface area contributed by atoms with Crippen molar-refractivity contribution in [3.05, 3.63) is 95.7 Å². The number of nitrogens with zero attached hydrogens (tertiary/aromatic N) is 1. The minimum absolute atomic E-state index is 0.00881. The normalized spacial score (nSPS) is 13.8. The molecule has 0 unspecified atom stereocenters. The smallest absolute Gasteiger partial charge is 0.223 e. The molecule has 0 spiro atoms. The number of hydrogen-bond donors (Lipinski definition) is 2. The van der Waals surface area contributed by atoms with Crippen LogP contribution in [0.15, 0.2) is 79.0 Å². The number of hydrogen-bond acceptors (Lipinski definition) is 3. The summed E-state index contributed by atoms with van der Waals surface area (Å²) in [7, 11) is 0. The standard InChI is InChI=1S/C26H23N3O2/c1-17(30)29-14-13-19-15-20(11-12-24(19)29)28-25(18-7-3-2-4-8-18)26(31)22-16-27-23-10-6-5-9-21(22)23/h2-12,15-16,25,27-28H,13-14H2,1H3/t25-/m1/s1. The van der Waals surface area contributed by atoms with Crippen molar-refractivity contribution in [3.63, 3.8) is 0 Å². The highest BCUT2D eigenvalue weighted by atomic mass is 16.2. The molecule has 3 aromatic carbocycles. The van der Waals surface area contributed by atoms with Gasteiger partial charge in [0.25, 0.3) is 0 Å². The molecule has 0 aliphatic carbocycles. The van der Waals surface area contributed by atoms with Crippen molar-refractivity contribution in [3.8, 4) is 0 Å². The van der Waals surface area contributed by atoms with Crippen LogP contribution in [0.3, 0.4) is 0 Å². The number of amides is 1. The number of aromatic amines is 1. The number of anilines is 2. The second kappa shape index (κ2) is 7.76. The fourth-order valence-electron chi connectivity index (χ4n) is 4.36. The number of carbonyl (C=O) groups excluding carboxylic acids is 2. The number of fused-ring (bicyclic) bond motifs is 2. The van der Waals surface area contributed by atoms with E-state index in [2.05, 4.69) is 16.4 Å². The Labute approximate surface area is 180 Å². The van der Waals surface area contributed by atoms with E-state index in [1.54, 1.807) is 18.0 Å². The van der Waals surface area contributed by atoms with Gasteiger partial charge in [0.05, 0.1) is 0 Å². The molecule has 5 nitrogen and oxygen atoms in total. The molecule has 5 heteroatoms. The average Bonchev–Trinajstić information content (AvgIpc) is 3.42. The van der Waals surface area contributed by atoms with Crippen LogP contribution >= 0.6 is 0 Å². The number of carbonyl (C=O) groups is 2. The highest BCUT2D eigenvalue weighted by Crippen LogP contribution is 2.33. The first kappa shape index (κ1) is 19.1. The number of H-pyrrole nitrogens is 1. The molecule has 1 aliphatic heterocycles. The summed E-state index contributed by atoms with van der Waals surface area (Å²) >= 11 is 0. The minimum atomic E-state index is -0.524. The lowest BCUT2D eigenvalue weighted by molar-refractivity contribution is -0.116. The molecule has 1 aliphatic rings. The Balaban J connectivity index is 1.51. The largest absolute Gasteiger partial charge is 0.371 e. The number of aromatic nitrogens is 1. The van der Waals surface area contributed by atoms with Gasteiger partial charge in [0.15, 0.2) is 5.78 Å². The molecule has 0 saturated heterocycles. The van der Waals surface area contributed by atoms with Gasteiger partial charge < -0.3 is 15.2 Å². The maximum absolute atomic E-state index is 13.7. The zero-order valence-electron chi connectivity index (χ0n) is 17.3. The molecule has 0 radical (unpaired) electrons. The van der Waals surface area contributed by atoms with E-state index < -0.39 is 6.04 Å². The Hall–Kier alpha value is -3.86. The maximum Gasteiger partial charge on any atom is 0.223 e. The van der Waals surface area contributed by atoms with Crippen molar-refractivity contribution in [1.82, 2.24) is 4.98 Å². The second-order valence-corrected chi connectivity index (χ2v) is 7.86. The first-order valence-electron chi connectivity index (χ1n) is 10.4. The predicted octanol–water partition coefficient (Wildman–Crippen LogP) is 5.11. The molecule has 1 atom stereocenters. The minimum Gasteiger partial charge on any atom is -0.371 e. The molecular formula is C26H23N3O2. The van der Waals surface area contributed by atoms with Crippen LogP contribution in [0, 0.1) is 0 Å². The monoisotopic (exact) mass is 409 g/mol. The summed E-state index contributed by atoms with van der Waals surface area (Å²) in [6, 6.07) is 23.0. The molecule has 2 N–H and O–H groups in total. The number of nitrogens with one attached hydrogen (secondary N) is 2. The lowest BCUT2D eigenvalue weighted by Crippen LogP contribution is -2.25. The average molecular weight is 409 g/mol. The fourth-order valence-corrected chi connectivity index (χ4v) is 4.36. The first-order valence-corrected chi connectivity index (χ1v) is 10.4. The number of Topliss-reactive ketones (excluding diaryl/α,β-unsaturated/α-hetero) is 1. The molecule has 1 amide bonds. The molecule has 5 rings (SSSR count). The van der Waals surface area contributed by atoms with Gasteiger partial charge in [0, 0.05) is 47.5 Å². The summed E-state index contributed by atoms with van der Waals surface area (Å²) in [6.45, 7) is 2.29. The highest BCUT2D eigenvalue weighted by Gasteiger charge is 2.26. The molecule has 1 aromatic heterocycles. The van der Waals surface area contributed by atoms with Gasteiger partial charge in [-0.05, 0) is 41.8 Å². The molecule has 0 fully saturated rings. The van der Waals surface area contributed by atoms with Gasteiger partial charge in [0.1, 0.15) is 6.04 Å². The summed E-state index contributed by atoms with van der Waals surface area (Å²) < 4.78 is 0. The van der Waals surface area contributed by atoms with E-state index in [-0.39, 0.29) is 11.7 Å². The molecule has 4 aromatic rings. The van der Waals surface area contributed by atoms with Crippen LogP contribution in [0.1, 0.15) is 34.5 Å². The Morgan fingerprint density at radius 1 is 1.00 bits per heavy atom. The van der Waals surface area contributed by atoms with E-state index in [0.29, 0.717) is 12.1 Å². The highest BCUT2D eigenvalue weighted by molar-refractivity contribution is 6.11. The summed E-state index contributed by atoms with van der Waals surface area (Å²) in [4.78, 5) is 30.5. The molecule has 0 bridgehead atoms. The molecule has 31 heavy (non-hydrogen) atoms. The van der Waals surface area contributed by atoms with Crippen molar-refractivity contribution in [2.24, 2.45) is 0 Å². The Morgan fingerprint density at radius 2 is 1.77 bits per heavy atom. The Morgan fingerprint density at radius 3 is 2.58 bits per heavy atom. The zero-order valence-corrected chi connectivity index (χ0v) is 17.3. The van der Waals surface area contributed by atoms with E-state index in [9.17, 15) is 9.59 Å². The van der Waals surface area contributed by atoms with Crippen LogP contribution < -0.4 is 10.2 Å². The number of benzene rings is 3. The van der Waals surface area contributed by atoms with Gasteiger partial charge in [-0.3, -0.25) is 9.59 Å². The van der Waals surface area contributed by atoms with E-state index in [1.807, 2.05) is 66.7 Å². The third kappa shape index (κ3) is 3.48. The van der Waals surface area contributed by atoms with Gasteiger partial charge in [-0.2, -0.15) is 0 Å². The zero-order chi connectivity index (χ0) is 21.4. The topological polar surface area (TPSA) is 65.2 Å². The van der Waals surface area contributed by atoms with E-state index >= 15 is 0 Å². The van der Waals surface area contributed by atoms with Crippen molar-refractivity contribution in [2.75, 3.05) is 16.8 Å². The van der Waals surface area contributed by atoms with Gasteiger partial charge in [-0.25, -0.2) is 0 Å². The van der Waals surface area contributed by atoms with Crippen molar-refractivity contribution in [2.45, 2.75) is 19.4 Å². The quantitative estimate of drug-likeness (QED) is 0.450. The summed E-state index contributed by atoms with van der Waals surface area (Å²) in [6.07, 6.45) is 2.61. The van der Waals surface area contributed by atoms with Gasteiger partial charge in [-0.15, -0.1) is 0 Å². The van der Waals surface area contributed by atoms with Crippen LogP contribution in [0.4, 0.5) is 11.4 Å². The SMILES string of the molecule is CC(=O)N1CCc2cc(N[C@@H](C(=O)c3c[nH]c4ccccc34)c3ccccc3)ccc21. The number of rotatable bonds is 5.